The summed E-state index contributed by atoms with van der Waals surface area (Å²) in [6.07, 6.45) is 14.1. The van der Waals surface area contributed by atoms with Crippen molar-refractivity contribution in [3.63, 3.8) is 0 Å². The van der Waals surface area contributed by atoms with Crippen LogP contribution in [-0.2, 0) is 136 Å². The van der Waals surface area contributed by atoms with Gasteiger partial charge in [-0.25, -0.2) is 4.68 Å². The van der Waals surface area contributed by atoms with Crippen molar-refractivity contribution in [1.82, 2.24) is 30.9 Å². The van der Waals surface area contributed by atoms with Gasteiger partial charge in [-0.2, -0.15) is 0 Å². The summed E-state index contributed by atoms with van der Waals surface area (Å²) in [5.74, 6) is -3.71. The van der Waals surface area contributed by atoms with Crippen molar-refractivity contribution < 1.29 is 85.8 Å². The lowest BCUT2D eigenvalue weighted by atomic mass is 9.49. The third-order valence-electron chi connectivity index (χ3n) is 28.0. The zero-order chi connectivity index (χ0) is 94.2. The molecule has 0 unspecified atom stereocenters. The van der Waals surface area contributed by atoms with Crippen molar-refractivity contribution in [2.45, 2.75) is 258 Å². The zero-order valence-corrected chi connectivity index (χ0v) is 78.8. The van der Waals surface area contributed by atoms with Crippen LogP contribution in [0.2, 0.25) is 0 Å². The van der Waals surface area contributed by atoms with E-state index in [-0.39, 0.29) is 173 Å². The van der Waals surface area contributed by atoms with Crippen LogP contribution in [0, 0.1) is 34.5 Å². The van der Waals surface area contributed by atoms with E-state index in [1.807, 2.05) is 79.2 Å². The lowest BCUT2D eigenvalue weighted by Gasteiger charge is -2.56. The number of aryl methyl sites for hydroxylation is 2. The molecule has 29 heteroatoms. The van der Waals surface area contributed by atoms with E-state index in [0.29, 0.717) is 134 Å². The number of benzene rings is 5. The van der Waals surface area contributed by atoms with Crippen molar-refractivity contribution >= 4 is 75.9 Å². The van der Waals surface area contributed by atoms with Gasteiger partial charge >= 0.3 is 5.97 Å². The molecule has 10 N–H and O–H groups in total. The van der Waals surface area contributed by atoms with Crippen LogP contribution in [0.25, 0.3) is 22.5 Å². The summed E-state index contributed by atoms with van der Waals surface area (Å²) in [4.78, 5) is 138. The number of primary amides is 1. The number of anilines is 3. The van der Waals surface area contributed by atoms with Crippen molar-refractivity contribution in [3.05, 3.63) is 148 Å². The highest BCUT2D eigenvalue weighted by molar-refractivity contribution is 6.03. The van der Waals surface area contributed by atoms with Crippen molar-refractivity contribution in [1.29, 1.82) is 0 Å². The average Bonchev–Trinajstić information content (AvgIpc) is 0.856. The number of esters is 1. The van der Waals surface area contributed by atoms with Gasteiger partial charge in [-0.1, -0.05) is 171 Å². The van der Waals surface area contributed by atoms with Crippen LogP contribution in [0.1, 0.15) is 235 Å². The fourth-order valence-corrected chi connectivity index (χ4v) is 20.4. The number of carbonyl (C=O) groups is 10. The van der Waals surface area contributed by atoms with Crippen LogP contribution in [0.5, 0.6) is 0 Å². The van der Waals surface area contributed by atoms with Crippen LogP contribution in [0.4, 0.5) is 17.1 Å². The number of ketones is 2. The van der Waals surface area contributed by atoms with Gasteiger partial charge in [0, 0.05) is 86.5 Å². The van der Waals surface area contributed by atoms with Crippen LogP contribution < -0.4 is 43.4 Å². The van der Waals surface area contributed by atoms with Crippen molar-refractivity contribution in [2.24, 2.45) is 46.0 Å². The van der Waals surface area contributed by atoms with E-state index in [9.17, 15) is 47.9 Å². The first-order valence-corrected chi connectivity index (χ1v) is 48.2. The van der Waals surface area contributed by atoms with Gasteiger partial charge in [-0.3, -0.25) is 53.3 Å². The standard InChI is InChI=1S/C103H143N11O18/c1-8-9-50-125-54-58-129-61-57-128-53-49-114-95-80-23-15-17-26-86(80)113(68-75-21-13-14-22-79(75)94(95)111-112-114)92(119)42-41-91(118)107-48-52-127-56-60-131-63-62-130-59-55-126-51-43-78(115)67-81(70(2)3)96(121)109-85(25-16-18-27-90(106)117)87(116)64-71-29-31-72(32-30-71)69-132-93(120)28-12-10-11-24-84(105)97(122)108-77-38-34-74-36-40-89-101(5,83(74)66-77)45-20-47-103(89,7)99(124)110-98(123)102(6)46-19-44-100(4)82-65-76(104)37-33-73(82)35-39-88(100)102/h13-15,17,21-23,26,29-34,37-38,65-66,70,81,84-85,88-89H,8-12,16,18-20,24-25,27-28,35-36,39-64,67-69,104-105H2,1-7H3,(H2,106,117)(H,107,118)(H,108,122)(H,109,121)(H,110,123,124)/t81-,84-,85-,88+,89+,100+,101+,102-,103-/m0/s1. The second kappa shape index (κ2) is 50.4. The molecule has 5 aliphatic rings. The van der Waals surface area contributed by atoms with Gasteiger partial charge in [-0.15, -0.1) is 5.10 Å². The van der Waals surface area contributed by atoms with Gasteiger partial charge in [0.1, 0.15) is 18.1 Å². The molecule has 29 nitrogen and oxygen atoms in total. The number of aromatic nitrogens is 3. The largest absolute Gasteiger partial charge is 0.461 e. The van der Waals surface area contributed by atoms with Gasteiger partial charge in [0.15, 0.2) is 5.78 Å². The molecule has 1 aromatic heterocycles. The molecule has 2 heterocycles. The van der Waals surface area contributed by atoms with E-state index < -0.39 is 40.6 Å². The number of unbranched alkanes of at least 4 members (excludes halogenated alkanes) is 4. The van der Waals surface area contributed by atoms with Gasteiger partial charge in [0.2, 0.25) is 41.4 Å². The van der Waals surface area contributed by atoms with Crippen molar-refractivity contribution in [2.75, 3.05) is 115 Å². The molecule has 2 saturated carbocycles. The molecule has 0 spiro atoms. The average molecular weight is 1820 g/mol. The number of nitrogens with one attached hydrogen (secondary N) is 4. The molecule has 11 rings (SSSR count). The smallest absolute Gasteiger partial charge is 0.306 e. The SMILES string of the molecule is CCCCOCCOCCOCCn1nnc2c1-c1ccccc1N(C(=O)CCC(=O)NCCOCCOCCOCCOCCC(=O)C[C@H](C(=O)N[C@@H](CCCCC(N)=O)C(=O)Cc1ccc(COC(=O)CCCCC[C@H](N)C(=O)Nc3ccc4c(c3)[C@@]3(C)CCC[C@](C)(C(=O)NC(=O)[C@@]5(C)CCC[C@]6(C)c7cc(N)ccc7CC[C@@H]56)[C@@H]3CC4)cc1)C(C)C)Cc1ccccc1-2. The Balaban J connectivity index is 0.520. The van der Waals surface area contributed by atoms with E-state index in [0.717, 1.165) is 116 Å². The quantitative estimate of drug-likeness (QED) is 0.00807. The number of para-hydroxylation sites is 1. The van der Waals surface area contributed by atoms with Crippen LogP contribution in [0.3, 0.4) is 0 Å². The molecule has 0 saturated heterocycles. The zero-order valence-electron chi connectivity index (χ0n) is 78.8. The van der Waals surface area contributed by atoms with Crippen molar-refractivity contribution in [3.8, 4) is 22.5 Å². The number of carbonyl (C=O) groups excluding carboxylic acids is 10. The Morgan fingerprint density at radius 1 is 0.561 bits per heavy atom. The molecule has 0 bridgehead atoms. The van der Waals surface area contributed by atoms with Crippen LogP contribution in [-0.4, -0.2) is 185 Å². The predicted molar refractivity (Wildman–Crippen MR) is 504 cm³/mol. The third-order valence-corrected chi connectivity index (χ3v) is 28.0. The summed E-state index contributed by atoms with van der Waals surface area (Å²) in [6.45, 7) is 20.6. The minimum Gasteiger partial charge on any atom is -0.461 e. The molecular formula is C103H143N11O18. The lowest BCUT2D eigenvalue weighted by molar-refractivity contribution is -0.150. The molecule has 7 amide bonds. The molecule has 2 fully saturated rings. The molecular weight excluding hydrogens is 1680 g/mol. The number of nitrogen functional groups attached to an aromatic ring is 1. The lowest BCUT2D eigenvalue weighted by Crippen LogP contribution is -2.60. The Hall–Kier alpha value is -9.98. The summed E-state index contributed by atoms with van der Waals surface area (Å²) in [6, 6.07) is 33.2. The first kappa shape index (κ1) is 103. The number of hydrogen-bond acceptors (Lipinski definition) is 22. The molecule has 4 aliphatic carbocycles. The molecule has 9 atom stereocenters. The Morgan fingerprint density at radius 2 is 1.14 bits per heavy atom. The number of imide groups is 1. The normalized spacial score (nSPS) is 20.1. The minimum atomic E-state index is -0.892. The second-order valence-corrected chi connectivity index (χ2v) is 37.7. The van der Waals surface area contributed by atoms with Gasteiger partial charge < -0.3 is 75.9 Å². The van der Waals surface area contributed by atoms with Gasteiger partial charge in [-0.05, 0) is 181 Å². The van der Waals surface area contributed by atoms with E-state index in [4.69, 9.17) is 55.1 Å². The summed E-state index contributed by atoms with van der Waals surface area (Å²) in [7, 11) is 0. The highest BCUT2D eigenvalue weighted by Gasteiger charge is 2.59. The maximum atomic E-state index is 14.8. The molecule has 718 valence electrons. The third kappa shape index (κ3) is 27.9. The fraction of sp³-hybridized carbons (Fsp3) is 0.592. The highest BCUT2D eigenvalue weighted by Crippen LogP contribution is 2.60. The molecule has 6 aromatic rings. The molecule has 5 aromatic carbocycles. The Bertz CT molecular complexity index is 4870. The predicted octanol–water partition coefficient (Wildman–Crippen LogP) is 13.1. The summed E-state index contributed by atoms with van der Waals surface area (Å²) >= 11 is 0. The first-order valence-electron chi connectivity index (χ1n) is 48.2. The minimum absolute atomic E-state index is 0.00708. The second-order valence-electron chi connectivity index (χ2n) is 37.7. The number of ether oxygens (including phenoxy) is 8. The van der Waals surface area contributed by atoms with Crippen LogP contribution >= 0.6 is 0 Å². The first-order chi connectivity index (χ1) is 63.6. The van der Waals surface area contributed by atoms with E-state index in [1.54, 1.807) is 29.2 Å². The number of rotatable bonds is 55. The number of hydrogen-bond donors (Lipinski definition) is 7. The maximum Gasteiger partial charge on any atom is 0.306 e. The topological polar surface area (TPSA) is 405 Å². The Morgan fingerprint density at radius 3 is 1.78 bits per heavy atom. The molecule has 0 radical (unpaired) electrons. The maximum absolute atomic E-state index is 14.8. The monoisotopic (exact) mass is 1820 g/mol. The van der Waals surface area contributed by atoms with E-state index in [2.05, 4.69) is 90.5 Å². The van der Waals surface area contributed by atoms with Crippen LogP contribution in [0.15, 0.2) is 109 Å². The summed E-state index contributed by atoms with van der Waals surface area (Å²) in [5, 5.41) is 21.1. The number of amides is 7. The molecule has 1 aliphatic heterocycles. The molecule has 132 heavy (non-hydrogen) atoms. The Labute approximate surface area is 778 Å². The number of nitrogens with two attached hydrogens (primary N) is 3. The van der Waals surface area contributed by atoms with Gasteiger partial charge in [0.25, 0.3) is 0 Å². The number of nitrogens with zero attached hydrogens (tertiary/aromatic N) is 4. The fourth-order valence-electron chi connectivity index (χ4n) is 20.4. The number of fused-ring (bicyclic) bond motifs is 11. The summed E-state index contributed by atoms with van der Waals surface area (Å²) < 4.78 is 47.2. The number of Topliss-reactive ketones (excluding diaryl/α,β-unsaturated/α-hetero) is 2. The Kier molecular flexibility index (Phi) is 39.1. The van der Waals surface area contributed by atoms with E-state index >= 15 is 0 Å². The summed E-state index contributed by atoms with van der Waals surface area (Å²) in [5.41, 5.74) is 28.5. The van der Waals surface area contributed by atoms with Gasteiger partial charge in [0.05, 0.1) is 133 Å². The van der Waals surface area contributed by atoms with E-state index in [1.165, 1.54) is 16.7 Å². The highest BCUT2D eigenvalue weighted by atomic mass is 16.6.